The molecule has 4 aromatic rings. The predicted octanol–water partition coefficient (Wildman–Crippen LogP) is 4.00. The molecular weight excluding hydrogens is 466 g/mol. The van der Waals surface area contributed by atoms with Gasteiger partial charge in [0.05, 0.1) is 34.5 Å². The van der Waals surface area contributed by atoms with Gasteiger partial charge in [-0.1, -0.05) is 49.9 Å². The molecule has 4 rings (SSSR count). The Morgan fingerprint density at radius 2 is 1.83 bits per heavy atom. The minimum atomic E-state index is -0.495. The van der Waals surface area contributed by atoms with Crippen LogP contribution >= 0.6 is 11.8 Å². The number of carbonyl (C=O) groups is 2. The first kappa shape index (κ1) is 24.5. The predicted molar refractivity (Wildman–Crippen MR) is 136 cm³/mol. The van der Waals surface area contributed by atoms with Crippen molar-refractivity contribution in [2.45, 2.75) is 38.9 Å². The zero-order chi connectivity index (χ0) is 24.9. The molecule has 0 fully saturated rings. The molecule has 0 unspecified atom stereocenters. The molecule has 2 aromatic heterocycles. The number of aromatic nitrogens is 4. The van der Waals surface area contributed by atoms with E-state index in [1.165, 1.54) is 11.8 Å². The highest BCUT2D eigenvalue weighted by Gasteiger charge is 2.19. The lowest BCUT2D eigenvalue weighted by Crippen LogP contribution is -2.24. The summed E-state index contributed by atoms with van der Waals surface area (Å²) in [5.74, 6) is 0.111. The number of benzene rings is 2. The number of carbonyl (C=O) groups excluding carboxylic acids is 2. The lowest BCUT2D eigenvalue weighted by atomic mass is 10.1. The SMILES string of the molecule is CCOC(=O)c1ccccc1NC(=O)CSc1nnc2n(CCC(C)C)c(=O)c3ccccc3n12. The minimum absolute atomic E-state index is 0.0391. The van der Waals surface area contributed by atoms with Gasteiger partial charge in [0.2, 0.25) is 11.7 Å². The van der Waals surface area contributed by atoms with Gasteiger partial charge in [0.25, 0.3) is 5.56 Å². The third-order valence-electron chi connectivity index (χ3n) is 5.44. The summed E-state index contributed by atoms with van der Waals surface area (Å²) >= 11 is 1.21. The van der Waals surface area contributed by atoms with Gasteiger partial charge in [-0.3, -0.25) is 18.6 Å². The van der Waals surface area contributed by atoms with E-state index in [4.69, 9.17) is 4.74 Å². The van der Waals surface area contributed by atoms with E-state index in [9.17, 15) is 14.4 Å². The average molecular weight is 494 g/mol. The molecule has 0 atom stereocenters. The number of nitrogens with one attached hydrogen (secondary N) is 1. The van der Waals surface area contributed by atoms with Crippen LogP contribution in [0, 0.1) is 5.92 Å². The zero-order valence-corrected chi connectivity index (χ0v) is 20.7. The van der Waals surface area contributed by atoms with Gasteiger partial charge in [-0.15, -0.1) is 10.2 Å². The molecule has 2 aromatic carbocycles. The second-order valence-electron chi connectivity index (χ2n) is 8.38. The Bertz CT molecular complexity index is 1440. The van der Waals surface area contributed by atoms with E-state index < -0.39 is 5.97 Å². The Morgan fingerprint density at radius 1 is 1.09 bits per heavy atom. The van der Waals surface area contributed by atoms with Crippen LogP contribution in [-0.4, -0.2) is 43.4 Å². The van der Waals surface area contributed by atoms with E-state index in [2.05, 4.69) is 29.4 Å². The first-order valence-electron chi connectivity index (χ1n) is 11.5. The van der Waals surface area contributed by atoms with Gasteiger partial charge in [0.15, 0.2) is 5.16 Å². The Labute approximate surface area is 206 Å². The van der Waals surface area contributed by atoms with Crippen molar-refractivity contribution in [2.24, 2.45) is 5.92 Å². The van der Waals surface area contributed by atoms with Crippen LogP contribution in [0.2, 0.25) is 0 Å². The van der Waals surface area contributed by atoms with E-state index in [1.54, 1.807) is 41.8 Å². The molecule has 0 aliphatic carbocycles. The van der Waals surface area contributed by atoms with Gasteiger partial charge in [-0.25, -0.2) is 4.79 Å². The highest BCUT2D eigenvalue weighted by Crippen LogP contribution is 2.23. The summed E-state index contributed by atoms with van der Waals surface area (Å²) in [4.78, 5) is 38.1. The van der Waals surface area contributed by atoms with E-state index >= 15 is 0 Å². The number of anilines is 1. The minimum Gasteiger partial charge on any atom is -0.462 e. The van der Waals surface area contributed by atoms with Gasteiger partial charge >= 0.3 is 5.97 Å². The quantitative estimate of drug-likeness (QED) is 0.277. The molecule has 0 spiro atoms. The zero-order valence-electron chi connectivity index (χ0n) is 19.9. The molecule has 0 aliphatic heterocycles. The normalized spacial score (nSPS) is 11.3. The number of thioether (sulfide) groups is 1. The maximum Gasteiger partial charge on any atom is 0.340 e. The Morgan fingerprint density at radius 3 is 2.60 bits per heavy atom. The lowest BCUT2D eigenvalue weighted by molar-refractivity contribution is -0.113. The number of esters is 1. The average Bonchev–Trinajstić information content (AvgIpc) is 3.27. The largest absolute Gasteiger partial charge is 0.462 e. The Kier molecular flexibility index (Phi) is 7.50. The molecule has 10 heteroatoms. The number of fused-ring (bicyclic) bond motifs is 3. The van der Waals surface area contributed by atoms with Crippen LogP contribution in [0.3, 0.4) is 0 Å². The second kappa shape index (κ2) is 10.7. The van der Waals surface area contributed by atoms with Crippen LogP contribution in [0.1, 0.15) is 37.6 Å². The van der Waals surface area contributed by atoms with Crippen molar-refractivity contribution in [3.05, 3.63) is 64.4 Å². The summed E-state index contributed by atoms with van der Waals surface area (Å²) in [5, 5.41) is 12.4. The number of rotatable bonds is 9. The molecule has 0 radical (unpaired) electrons. The number of aryl methyl sites for hydroxylation is 1. The first-order chi connectivity index (χ1) is 16.9. The summed E-state index contributed by atoms with van der Waals surface area (Å²) in [6.07, 6.45) is 0.825. The monoisotopic (exact) mass is 493 g/mol. The molecule has 35 heavy (non-hydrogen) atoms. The van der Waals surface area contributed by atoms with Crippen molar-refractivity contribution < 1.29 is 14.3 Å². The molecule has 182 valence electrons. The maximum absolute atomic E-state index is 13.1. The topological polar surface area (TPSA) is 108 Å². The summed E-state index contributed by atoms with van der Waals surface area (Å²) in [6, 6.07) is 14.0. The van der Waals surface area contributed by atoms with Crippen molar-refractivity contribution in [1.82, 2.24) is 19.2 Å². The summed E-state index contributed by atoms with van der Waals surface area (Å²) < 4.78 is 8.54. The fourth-order valence-electron chi connectivity index (χ4n) is 3.71. The van der Waals surface area contributed by atoms with Gasteiger partial charge in [0, 0.05) is 6.54 Å². The molecule has 0 saturated heterocycles. The molecular formula is C25H27N5O4S. The first-order valence-corrected chi connectivity index (χ1v) is 12.4. The Balaban J connectivity index is 1.61. The van der Waals surface area contributed by atoms with Crippen molar-refractivity contribution >= 4 is 46.0 Å². The highest BCUT2D eigenvalue weighted by atomic mass is 32.2. The highest BCUT2D eigenvalue weighted by molar-refractivity contribution is 7.99. The molecule has 1 amide bonds. The number of nitrogens with zero attached hydrogens (tertiary/aromatic N) is 4. The van der Waals surface area contributed by atoms with Crippen LogP contribution in [0.4, 0.5) is 5.69 Å². The summed E-state index contributed by atoms with van der Waals surface area (Å²) in [6.45, 7) is 6.71. The third-order valence-corrected chi connectivity index (χ3v) is 6.37. The molecule has 1 N–H and O–H groups in total. The maximum atomic E-state index is 13.1. The van der Waals surface area contributed by atoms with Gasteiger partial charge in [-0.05, 0) is 43.5 Å². The summed E-state index contributed by atoms with van der Waals surface area (Å²) in [5.41, 5.74) is 1.26. The van der Waals surface area contributed by atoms with Crippen LogP contribution in [0.25, 0.3) is 16.7 Å². The van der Waals surface area contributed by atoms with Gasteiger partial charge in [-0.2, -0.15) is 0 Å². The lowest BCUT2D eigenvalue weighted by Gasteiger charge is -2.12. The molecule has 0 saturated carbocycles. The smallest absolute Gasteiger partial charge is 0.340 e. The fraction of sp³-hybridized carbons (Fsp3) is 0.320. The van der Waals surface area contributed by atoms with Crippen molar-refractivity contribution in [2.75, 3.05) is 17.7 Å². The van der Waals surface area contributed by atoms with Crippen molar-refractivity contribution in [3.63, 3.8) is 0 Å². The number of para-hydroxylation sites is 2. The van der Waals surface area contributed by atoms with E-state index in [-0.39, 0.29) is 23.8 Å². The van der Waals surface area contributed by atoms with Crippen molar-refractivity contribution in [3.8, 4) is 0 Å². The van der Waals surface area contributed by atoms with E-state index in [0.717, 1.165) is 6.42 Å². The van der Waals surface area contributed by atoms with Crippen LogP contribution in [0.15, 0.2) is 58.5 Å². The number of ether oxygens (including phenoxy) is 1. The standard InChI is InChI=1S/C25H27N5O4S/c1-4-34-23(33)17-9-5-7-11-19(17)26-21(31)15-35-25-28-27-24-29(14-13-16(2)3)22(32)18-10-6-8-12-20(18)30(24)25/h5-12,16H,4,13-15H2,1-3H3,(H,26,31). The summed E-state index contributed by atoms with van der Waals surface area (Å²) in [7, 11) is 0. The van der Waals surface area contributed by atoms with Crippen LogP contribution in [0.5, 0.6) is 0 Å². The molecule has 9 nitrogen and oxygen atoms in total. The van der Waals surface area contributed by atoms with E-state index in [1.807, 2.05) is 22.6 Å². The fourth-order valence-corrected chi connectivity index (χ4v) is 4.45. The number of hydrogen-bond donors (Lipinski definition) is 1. The molecule has 0 bridgehead atoms. The molecule has 2 heterocycles. The number of amides is 1. The third kappa shape index (κ3) is 5.22. The number of hydrogen-bond acceptors (Lipinski definition) is 7. The van der Waals surface area contributed by atoms with Gasteiger partial charge < -0.3 is 10.1 Å². The molecule has 0 aliphatic rings. The van der Waals surface area contributed by atoms with E-state index in [0.29, 0.717) is 45.6 Å². The Hall–Kier alpha value is -3.66. The van der Waals surface area contributed by atoms with Gasteiger partial charge in [0.1, 0.15) is 0 Å². The van der Waals surface area contributed by atoms with Crippen molar-refractivity contribution in [1.29, 1.82) is 0 Å². The van der Waals surface area contributed by atoms with Crippen LogP contribution < -0.4 is 10.9 Å². The second-order valence-corrected chi connectivity index (χ2v) is 9.32. The van der Waals surface area contributed by atoms with Crippen LogP contribution in [-0.2, 0) is 16.1 Å².